The first-order valence-electron chi connectivity index (χ1n) is 6.23. The molecule has 2 rings (SSSR count). The highest BCUT2D eigenvalue weighted by Crippen LogP contribution is 2.07. The standard InChI is InChI=1S/C9H11NO2.C7H8O/c1-8(11)10-7-12-9-5-3-2-4-6-9;1-8-7-5-3-2-4-6-7/h2-6H,7H2,1H3,(H,10,11);2-6H,1H3. The highest BCUT2D eigenvalue weighted by molar-refractivity contribution is 5.72. The lowest BCUT2D eigenvalue weighted by atomic mass is 10.3. The van der Waals surface area contributed by atoms with Gasteiger partial charge < -0.3 is 14.8 Å². The van der Waals surface area contributed by atoms with Gasteiger partial charge in [0.05, 0.1) is 7.11 Å². The van der Waals surface area contributed by atoms with Crippen molar-refractivity contribution in [3.05, 3.63) is 60.7 Å². The monoisotopic (exact) mass is 273 g/mol. The molecule has 4 nitrogen and oxygen atoms in total. The SMILES string of the molecule is CC(=O)NCOc1ccccc1.COc1ccccc1. The fraction of sp³-hybridized carbons (Fsp3) is 0.188. The van der Waals surface area contributed by atoms with Crippen LogP contribution >= 0.6 is 0 Å². The van der Waals surface area contributed by atoms with Crippen molar-refractivity contribution in [3.8, 4) is 11.5 Å². The molecular formula is C16H19NO3. The summed E-state index contributed by atoms with van der Waals surface area (Å²) >= 11 is 0. The van der Waals surface area contributed by atoms with Crippen LogP contribution in [0.4, 0.5) is 0 Å². The second kappa shape index (κ2) is 9.44. The first kappa shape index (κ1) is 15.6. The number of carbonyl (C=O) groups is 1. The number of benzene rings is 2. The smallest absolute Gasteiger partial charge is 0.219 e. The van der Waals surface area contributed by atoms with E-state index in [1.54, 1.807) is 7.11 Å². The Balaban J connectivity index is 0.000000217. The van der Waals surface area contributed by atoms with Crippen LogP contribution in [-0.4, -0.2) is 19.7 Å². The van der Waals surface area contributed by atoms with E-state index in [1.165, 1.54) is 6.92 Å². The molecule has 0 radical (unpaired) electrons. The van der Waals surface area contributed by atoms with E-state index in [2.05, 4.69) is 5.32 Å². The zero-order valence-corrected chi connectivity index (χ0v) is 11.7. The molecule has 0 saturated carbocycles. The van der Waals surface area contributed by atoms with Crippen molar-refractivity contribution < 1.29 is 14.3 Å². The first-order valence-corrected chi connectivity index (χ1v) is 6.23. The summed E-state index contributed by atoms with van der Waals surface area (Å²) in [5.41, 5.74) is 0. The van der Waals surface area contributed by atoms with Crippen molar-refractivity contribution in [2.45, 2.75) is 6.92 Å². The molecule has 1 amide bonds. The fourth-order valence-electron chi connectivity index (χ4n) is 1.29. The molecule has 0 aromatic heterocycles. The van der Waals surface area contributed by atoms with Gasteiger partial charge in [0, 0.05) is 6.92 Å². The van der Waals surface area contributed by atoms with Gasteiger partial charge in [0.2, 0.25) is 5.91 Å². The lowest BCUT2D eigenvalue weighted by Gasteiger charge is -2.04. The van der Waals surface area contributed by atoms with E-state index in [0.29, 0.717) is 0 Å². The molecule has 0 aliphatic rings. The maximum atomic E-state index is 10.4. The van der Waals surface area contributed by atoms with Crippen molar-refractivity contribution in [2.24, 2.45) is 0 Å². The Morgan fingerprint density at radius 1 is 0.950 bits per heavy atom. The topological polar surface area (TPSA) is 47.6 Å². The zero-order valence-electron chi connectivity index (χ0n) is 11.7. The predicted molar refractivity (Wildman–Crippen MR) is 78.7 cm³/mol. The molecule has 0 saturated heterocycles. The van der Waals surface area contributed by atoms with Crippen LogP contribution in [0.25, 0.3) is 0 Å². The molecule has 0 aliphatic carbocycles. The Morgan fingerprint density at radius 2 is 1.45 bits per heavy atom. The maximum absolute atomic E-state index is 10.4. The van der Waals surface area contributed by atoms with E-state index in [4.69, 9.17) is 9.47 Å². The number of methoxy groups -OCH3 is 1. The van der Waals surface area contributed by atoms with E-state index in [0.717, 1.165) is 11.5 Å². The van der Waals surface area contributed by atoms with E-state index in [-0.39, 0.29) is 12.6 Å². The van der Waals surface area contributed by atoms with Gasteiger partial charge in [-0.2, -0.15) is 0 Å². The lowest BCUT2D eigenvalue weighted by molar-refractivity contribution is -0.119. The number of carbonyl (C=O) groups excluding carboxylic acids is 1. The number of nitrogens with one attached hydrogen (secondary N) is 1. The van der Waals surface area contributed by atoms with Crippen molar-refractivity contribution in [3.63, 3.8) is 0 Å². The van der Waals surface area contributed by atoms with Gasteiger partial charge in [-0.3, -0.25) is 4.79 Å². The molecule has 2 aromatic rings. The summed E-state index contributed by atoms with van der Waals surface area (Å²) in [7, 11) is 1.66. The number of ether oxygens (including phenoxy) is 2. The predicted octanol–water partition coefficient (Wildman–Crippen LogP) is 2.85. The zero-order chi connectivity index (χ0) is 14.6. The van der Waals surface area contributed by atoms with Crippen LogP contribution in [0, 0.1) is 0 Å². The molecule has 0 bridgehead atoms. The summed E-state index contributed by atoms with van der Waals surface area (Å²) in [4.78, 5) is 10.4. The Bertz CT molecular complexity index is 486. The van der Waals surface area contributed by atoms with E-state index in [9.17, 15) is 4.79 Å². The fourth-order valence-corrected chi connectivity index (χ4v) is 1.29. The number of para-hydroxylation sites is 2. The molecule has 0 aliphatic heterocycles. The average Bonchev–Trinajstić information content (AvgIpc) is 2.49. The van der Waals surface area contributed by atoms with Gasteiger partial charge in [0.15, 0.2) is 6.73 Å². The van der Waals surface area contributed by atoms with Crippen LogP contribution in [0.15, 0.2) is 60.7 Å². The largest absolute Gasteiger partial charge is 0.497 e. The molecule has 0 atom stereocenters. The number of amides is 1. The van der Waals surface area contributed by atoms with Gasteiger partial charge in [-0.05, 0) is 24.3 Å². The number of hydrogen-bond acceptors (Lipinski definition) is 3. The van der Waals surface area contributed by atoms with Crippen molar-refractivity contribution in [1.29, 1.82) is 0 Å². The average molecular weight is 273 g/mol. The van der Waals surface area contributed by atoms with Crippen LogP contribution in [0.2, 0.25) is 0 Å². The third-order valence-corrected chi connectivity index (χ3v) is 2.28. The second-order valence-electron chi connectivity index (χ2n) is 3.85. The lowest BCUT2D eigenvalue weighted by Crippen LogP contribution is -2.24. The van der Waals surface area contributed by atoms with Crippen molar-refractivity contribution in [1.82, 2.24) is 5.32 Å². The molecule has 0 heterocycles. The summed E-state index contributed by atoms with van der Waals surface area (Å²) in [5.74, 6) is 1.57. The molecule has 20 heavy (non-hydrogen) atoms. The number of rotatable bonds is 4. The van der Waals surface area contributed by atoms with Gasteiger partial charge in [0.25, 0.3) is 0 Å². The first-order chi connectivity index (χ1) is 9.72. The molecule has 2 aromatic carbocycles. The summed E-state index contributed by atoms with van der Waals surface area (Å²) in [5, 5.41) is 2.53. The van der Waals surface area contributed by atoms with E-state index >= 15 is 0 Å². The summed E-state index contributed by atoms with van der Waals surface area (Å²) in [6.45, 7) is 1.67. The van der Waals surface area contributed by atoms with Crippen LogP contribution in [-0.2, 0) is 4.79 Å². The second-order valence-corrected chi connectivity index (χ2v) is 3.85. The minimum absolute atomic E-state index is 0.0917. The Kier molecular flexibility index (Phi) is 7.35. The van der Waals surface area contributed by atoms with E-state index in [1.807, 2.05) is 60.7 Å². The molecule has 4 heteroatoms. The molecule has 1 N–H and O–H groups in total. The van der Waals surface area contributed by atoms with Gasteiger partial charge in [-0.1, -0.05) is 36.4 Å². The molecule has 0 spiro atoms. The highest BCUT2D eigenvalue weighted by Gasteiger charge is 1.91. The minimum atomic E-state index is -0.0917. The van der Waals surface area contributed by atoms with Crippen molar-refractivity contribution in [2.75, 3.05) is 13.8 Å². The molecule has 0 unspecified atom stereocenters. The Hall–Kier alpha value is -2.49. The minimum Gasteiger partial charge on any atom is -0.497 e. The third kappa shape index (κ3) is 7.06. The van der Waals surface area contributed by atoms with E-state index < -0.39 is 0 Å². The van der Waals surface area contributed by atoms with Crippen LogP contribution in [0.1, 0.15) is 6.92 Å². The van der Waals surface area contributed by atoms with Crippen LogP contribution in [0.5, 0.6) is 11.5 Å². The third-order valence-electron chi connectivity index (χ3n) is 2.28. The molecule has 0 fully saturated rings. The molecular weight excluding hydrogens is 254 g/mol. The van der Waals surface area contributed by atoms with Gasteiger partial charge in [-0.25, -0.2) is 0 Å². The Morgan fingerprint density at radius 3 is 1.85 bits per heavy atom. The molecule has 106 valence electrons. The normalized spacial score (nSPS) is 8.90. The van der Waals surface area contributed by atoms with Crippen molar-refractivity contribution >= 4 is 5.91 Å². The van der Waals surface area contributed by atoms with Crippen LogP contribution in [0.3, 0.4) is 0 Å². The Labute approximate surface area is 119 Å². The number of hydrogen-bond donors (Lipinski definition) is 1. The van der Waals surface area contributed by atoms with Gasteiger partial charge >= 0.3 is 0 Å². The maximum Gasteiger partial charge on any atom is 0.219 e. The summed E-state index contributed by atoms with van der Waals surface area (Å²) in [6.07, 6.45) is 0. The summed E-state index contributed by atoms with van der Waals surface area (Å²) in [6, 6.07) is 19.0. The quantitative estimate of drug-likeness (QED) is 0.871. The van der Waals surface area contributed by atoms with Gasteiger partial charge in [0.1, 0.15) is 11.5 Å². The highest BCUT2D eigenvalue weighted by atomic mass is 16.5. The summed E-state index contributed by atoms with van der Waals surface area (Å²) < 4.78 is 10.1. The van der Waals surface area contributed by atoms with Gasteiger partial charge in [-0.15, -0.1) is 0 Å². The van der Waals surface area contributed by atoms with Crippen LogP contribution < -0.4 is 14.8 Å².